The maximum absolute atomic E-state index is 13.9. The lowest BCUT2D eigenvalue weighted by atomic mass is 9.52. The number of amides is 1. The molecular formula is C29H32N2O6. The molecule has 2 aromatic carbocycles. The van der Waals surface area contributed by atoms with E-state index in [1.165, 1.54) is 6.07 Å². The molecule has 3 aliphatic carbocycles. The zero-order valence-electron chi connectivity index (χ0n) is 21.0. The minimum Gasteiger partial charge on any atom is -0.507 e. The first-order chi connectivity index (χ1) is 17.5. The Labute approximate surface area is 215 Å². The van der Waals surface area contributed by atoms with Crippen LogP contribution in [-0.2, 0) is 33.6 Å². The number of rotatable bonds is 5. The molecular weight excluding hydrogens is 472 g/mol. The lowest BCUT2D eigenvalue weighted by Gasteiger charge is -2.53. The lowest BCUT2D eigenvalue weighted by Crippen LogP contribution is -2.69. The molecule has 0 heterocycles. The summed E-state index contributed by atoms with van der Waals surface area (Å²) in [5, 5.41) is 22.4. The van der Waals surface area contributed by atoms with Crippen molar-refractivity contribution >= 4 is 23.3 Å². The normalized spacial score (nSPS) is 31.0. The molecule has 2 aromatic rings. The van der Waals surface area contributed by atoms with Crippen molar-refractivity contribution in [2.24, 2.45) is 29.4 Å². The molecule has 3 aliphatic rings. The van der Waals surface area contributed by atoms with Crippen molar-refractivity contribution in [2.45, 2.75) is 43.7 Å². The number of benzene rings is 2. The number of aromatic hydroxyl groups is 1. The Morgan fingerprint density at radius 3 is 2.43 bits per heavy atom. The highest BCUT2D eigenvalue weighted by Gasteiger charge is 2.64. The molecule has 1 amide bonds. The molecule has 8 heteroatoms. The number of aryl methyl sites for hydroxylation is 2. The van der Waals surface area contributed by atoms with Crippen molar-refractivity contribution in [3.63, 3.8) is 0 Å². The van der Waals surface area contributed by atoms with E-state index in [0.29, 0.717) is 12.8 Å². The predicted molar refractivity (Wildman–Crippen MR) is 135 cm³/mol. The Bertz CT molecular complexity index is 1290. The molecule has 194 valence electrons. The molecule has 0 saturated heterocycles. The molecule has 0 aliphatic heterocycles. The second kappa shape index (κ2) is 9.19. The van der Waals surface area contributed by atoms with Gasteiger partial charge in [-0.1, -0.05) is 36.4 Å². The van der Waals surface area contributed by atoms with Crippen LogP contribution in [0.5, 0.6) is 5.75 Å². The molecule has 4 N–H and O–H groups in total. The summed E-state index contributed by atoms with van der Waals surface area (Å²) in [4.78, 5) is 54.5. The van der Waals surface area contributed by atoms with Crippen LogP contribution in [0, 0.1) is 23.7 Å². The topological polar surface area (TPSA) is 138 Å². The van der Waals surface area contributed by atoms with Gasteiger partial charge in [-0.2, -0.15) is 0 Å². The van der Waals surface area contributed by atoms with E-state index in [9.17, 15) is 29.4 Å². The summed E-state index contributed by atoms with van der Waals surface area (Å²) < 4.78 is 0. The second-order valence-electron chi connectivity index (χ2n) is 11.0. The number of carbonyl (C=O) groups excluding carboxylic acids is 4. The maximum Gasteiger partial charge on any atom is 0.228 e. The van der Waals surface area contributed by atoms with Gasteiger partial charge < -0.3 is 15.9 Å². The van der Waals surface area contributed by atoms with Crippen molar-refractivity contribution in [3.05, 3.63) is 64.7 Å². The van der Waals surface area contributed by atoms with Gasteiger partial charge in [0, 0.05) is 12.3 Å². The fourth-order valence-electron chi connectivity index (χ4n) is 6.93. The number of likely N-dealkylation sites (N-methyl/N-ethyl adjacent to an activating group) is 1. The van der Waals surface area contributed by atoms with E-state index in [1.54, 1.807) is 19.0 Å². The molecule has 2 fully saturated rings. The number of primary amides is 1. The van der Waals surface area contributed by atoms with Gasteiger partial charge in [-0.15, -0.1) is 0 Å². The van der Waals surface area contributed by atoms with Gasteiger partial charge in [0.05, 0.1) is 17.5 Å². The molecule has 8 nitrogen and oxygen atoms in total. The highest BCUT2D eigenvalue weighted by Crippen LogP contribution is 2.52. The van der Waals surface area contributed by atoms with E-state index < -0.39 is 65.0 Å². The number of nitrogens with two attached hydrogens (primary N) is 1. The summed E-state index contributed by atoms with van der Waals surface area (Å²) in [5.74, 6) is -6.29. The van der Waals surface area contributed by atoms with Gasteiger partial charge in [-0.25, -0.2) is 0 Å². The van der Waals surface area contributed by atoms with Crippen LogP contribution in [0.3, 0.4) is 0 Å². The first-order valence-electron chi connectivity index (χ1n) is 12.7. The molecule has 0 bridgehead atoms. The number of hydrogen-bond acceptors (Lipinski definition) is 7. The second-order valence-corrected chi connectivity index (χ2v) is 11.0. The Hall–Kier alpha value is -3.36. The summed E-state index contributed by atoms with van der Waals surface area (Å²) in [6.07, 6.45) is 1.66. The summed E-state index contributed by atoms with van der Waals surface area (Å²) in [6.45, 7) is 0. The fourth-order valence-corrected chi connectivity index (χ4v) is 6.93. The molecule has 2 saturated carbocycles. The summed E-state index contributed by atoms with van der Waals surface area (Å²) in [7, 11) is 3.34. The van der Waals surface area contributed by atoms with E-state index >= 15 is 0 Å². The quantitative estimate of drug-likeness (QED) is 0.524. The number of phenolic OH excluding ortho intramolecular Hbond substituents is 1. The van der Waals surface area contributed by atoms with Gasteiger partial charge in [-0.3, -0.25) is 24.1 Å². The van der Waals surface area contributed by atoms with Gasteiger partial charge in [-0.05, 0) is 68.5 Å². The van der Waals surface area contributed by atoms with E-state index in [4.69, 9.17) is 5.73 Å². The van der Waals surface area contributed by atoms with E-state index in [0.717, 1.165) is 23.1 Å². The zero-order valence-corrected chi connectivity index (χ0v) is 21.0. The average Bonchev–Trinajstić information content (AvgIpc) is 2.85. The van der Waals surface area contributed by atoms with Crippen LogP contribution < -0.4 is 5.73 Å². The molecule has 37 heavy (non-hydrogen) atoms. The van der Waals surface area contributed by atoms with Gasteiger partial charge in [0.25, 0.3) is 0 Å². The number of phenols is 1. The summed E-state index contributed by atoms with van der Waals surface area (Å²) >= 11 is 0. The van der Waals surface area contributed by atoms with Gasteiger partial charge in [0.15, 0.2) is 17.3 Å². The molecule has 6 unspecified atom stereocenters. The first kappa shape index (κ1) is 25.3. The van der Waals surface area contributed by atoms with Crippen molar-refractivity contribution in [1.82, 2.24) is 4.90 Å². The standard InChI is InChI=1S/C29H32N2O6/c1-31(2)24-20-13-17-12-18-16(9-8-15-6-4-3-5-7-15)10-11-21(32)23(18)26(34)22(17)27(35)29(20,37)14-19(25(24)33)28(30)36/h3-7,10-11,17,19-20,22,24,32,37H,8-9,12-14H2,1-2H3,(H2,30,36). The number of hydrogen-bond donors (Lipinski definition) is 3. The fraction of sp³-hybridized carbons (Fsp3) is 0.448. The number of fused-ring (bicyclic) bond motifs is 3. The monoisotopic (exact) mass is 504 g/mol. The Kier molecular flexibility index (Phi) is 6.28. The minimum absolute atomic E-state index is 0.143. The van der Waals surface area contributed by atoms with Crippen molar-refractivity contribution in [3.8, 4) is 5.75 Å². The van der Waals surface area contributed by atoms with Crippen LogP contribution in [0.25, 0.3) is 0 Å². The van der Waals surface area contributed by atoms with Crippen LogP contribution in [0.15, 0.2) is 42.5 Å². The van der Waals surface area contributed by atoms with Crippen molar-refractivity contribution < 1.29 is 29.4 Å². The average molecular weight is 505 g/mol. The molecule has 0 aromatic heterocycles. The highest BCUT2D eigenvalue weighted by atomic mass is 16.3. The van der Waals surface area contributed by atoms with Crippen molar-refractivity contribution in [1.29, 1.82) is 0 Å². The SMILES string of the molecule is CN(C)C1C(=O)C(C(N)=O)CC2(O)C(=O)C3C(=O)c4c(O)ccc(CCc5ccccc5)c4CC3CC12. The van der Waals surface area contributed by atoms with E-state index in [1.807, 2.05) is 36.4 Å². The largest absolute Gasteiger partial charge is 0.507 e. The molecule has 5 rings (SSSR count). The summed E-state index contributed by atoms with van der Waals surface area (Å²) in [6, 6.07) is 12.4. The molecule has 6 atom stereocenters. The van der Waals surface area contributed by atoms with Crippen LogP contribution in [0.1, 0.15) is 39.9 Å². The van der Waals surface area contributed by atoms with Crippen LogP contribution in [0.4, 0.5) is 0 Å². The molecule has 0 radical (unpaired) electrons. The number of nitrogens with zero attached hydrogens (tertiary/aromatic N) is 1. The minimum atomic E-state index is -2.03. The van der Waals surface area contributed by atoms with Crippen LogP contribution >= 0.6 is 0 Å². The third kappa shape index (κ3) is 3.99. The van der Waals surface area contributed by atoms with E-state index in [2.05, 4.69) is 0 Å². The third-order valence-corrected chi connectivity index (χ3v) is 8.69. The maximum atomic E-state index is 13.9. The Balaban J connectivity index is 1.53. The third-order valence-electron chi connectivity index (χ3n) is 8.69. The summed E-state index contributed by atoms with van der Waals surface area (Å²) in [5.41, 5.74) is 6.42. The number of ketones is 3. The highest BCUT2D eigenvalue weighted by molar-refractivity contribution is 6.17. The van der Waals surface area contributed by atoms with Crippen molar-refractivity contribution in [2.75, 3.05) is 14.1 Å². The molecule has 0 spiro atoms. The number of carbonyl (C=O) groups is 4. The zero-order chi connectivity index (χ0) is 26.6. The van der Waals surface area contributed by atoms with Crippen LogP contribution in [-0.4, -0.2) is 64.1 Å². The predicted octanol–water partition coefficient (Wildman–Crippen LogP) is 1.47. The van der Waals surface area contributed by atoms with Gasteiger partial charge in [0.1, 0.15) is 17.3 Å². The lowest BCUT2D eigenvalue weighted by molar-refractivity contribution is -0.176. The van der Waals surface area contributed by atoms with E-state index in [-0.39, 0.29) is 17.7 Å². The first-order valence-corrected chi connectivity index (χ1v) is 12.7. The number of Topliss-reactive ketones (excluding diaryl/α,β-unsaturated/α-hetero) is 3. The van der Waals surface area contributed by atoms with Crippen LogP contribution in [0.2, 0.25) is 0 Å². The Morgan fingerprint density at radius 2 is 1.78 bits per heavy atom. The van der Waals surface area contributed by atoms with Gasteiger partial charge in [0.2, 0.25) is 5.91 Å². The Morgan fingerprint density at radius 1 is 1.08 bits per heavy atom. The smallest absolute Gasteiger partial charge is 0.228 e. The van der Waals surface area contributed by atoms with Gasteiger partial charge >= 0.3 is 0 Å². The number of aliphatic hydroxyl groups is 1.